The van der Waals surface area contributed by atoms with Crippen molar-refractivity contribution in [3.63, 3.8) is 0 Å². The molecular formula is C17H25FN3O2+. The summed E-state index contributed by atoms with van der Waals surface area (Å²) in [6, 6.07) is 5.51. The number of nitrogens with one attached hydrogen (secondary N) is 2. The second-order valence-electron chi connectivity index (χ2n) is 6.19. The Hall–Kier alpha value is -1.95. The van der Waals surface area contributed by atoms with Gasteiger partial charge in [0.05, 0.1) is 7.05 Å². The molecule has 2 N–H and O–H groups in total. The Labute approximate surface area is 136 Å². The number of hydrogen-bond acceptors (Lipinski definition) is 2. The summed E-state index contributed by atoms with van der Waals surface area (Å²) in [4.78, 5) is 27.2. The summed E-state index contributed by atoms with van der Waals surface area (Å²) in [5.41, 5.74) is 0.429. The van der Waals surface area contributed by atoms with Crippen LogP contribution in [0.25, 0.3) is 0 Å². The highest BCUT2D eigenvalue weighted by atomic mass is 19.1. The minimum atomic E-state index is -0.392. The van der Waals surface area contributed by atoms with Gasteiger partial charge < -0.3 is 15.1 Å². The second kappa shape index (κ2) is 8.06. The number of carbonyl (C=O) groups excluding carboxylic acids is 2. The second-order valence-corrected chi connectivity index (χ2v) is 6.19. The maximum Gasteiger partial charge on any atom is 0.280 e. The first-order chi connectivity index (χ1) is 11.0. The highest BCUT2D eigenvalue weighted by Gasteiger charge is 2.29. The fourth-order valence-electron chi connectivity index (χ4n) is 2.78. The Morgan fingerprint density at radius 1 is 1.30 bits per heavy atom. The molecule has 6 heteroatoms. The van der Waals surface area contributed by atoms with Crippen LogP contribution in [0, 0.1) is 5.82 Å². The first-order valence-electron chi connectivity index (χ1n) is 8.14. The zero-order valence-electron chi connectivity index (χ0n) is 13.8. The van der Waals surface area contributed by atoms with Gasteiger partial charge in [0, 0.05) is 18.8 Å². The maximum absolute atomic E-state index is 13.1. The lowest BCUT2D eigenvalue weighted by Gasteiger charge is -2.30. The van der Waals surface area contributed by atoms with E-state index < -0.39 is 5.82 Å². The van der Waals surface area contributed by atoms with E-state index in [0.29, 0.717) is 5.69 Å². The van der Waals surface area contributed by atoms with Crippen molar-refractivity contribution < 1.29 is 18.9 Å². The van der Waals surface area contributed by atoms with Crippen LogP contribution in [0.2, 0.25) is 0 Å². The lowest BCUT2D eigenvalue weighted by molar-refractivity contribution is -0.886. The number of nitrogens with zero attached hydrogens (tertiary/aromatic N) is 1. The highest BCUT2D eigenvalue weighted by molar-refractivity contribution is 5.91. The number of benzene rings is 1. The third-order valence-corrected chi connectivity index (χ3v) is 4.33. The van der Waals surface area contributed by atoms with Crippen molar-refractivity contribution in [2.45, 2.75) is 32.2 Å². The largest absolute Gasteiger partial charge is 0.338 e. The van der Waals surface area contributed by atoms with Crippen molar-refractivity contribution in [2.75, 3.05) is 32.0 Å². The molecule has 1 aromatic carbocycles. The molecule has 0 bridgehead atoms. The highest BCUT2D eigenvalue weighted by Crippen LogP contribution is 2.10. The van der Waals surface area contributed by atoms with E-state index in [0.717, 1.165) is 30.8 Å². The summed E-state index contributed by atoms with van der Waals surface area (Å²) >= 11 is 0. The smallest absolute Gasteiger partial charge is 0.280 e. The first kappa shape index (κ1) is 17.4. The zero-order valence-corrected chi connectivity index (χ0v) is 13.8. The van der Waals surface area contributed by atoms with E-state index in [2.05, 4.69) is 5.32 Å². The molecule has 0 saturated carbocycles. The minimum Gasteiger partial charge on any atom is -0.338 e. The molecule has 2 rings (SSSR count). The summed E-state index contributed by atoms with van der Waals surface area (Å²) in [7, 11) is 1.83. The number of hydrogen-bond donors (Lipinski definition) is 2. The molecule has 1 fully saturated rings. The molecule has 1 heterocycles. The van der Waals surface area contributed by atoms with Crippen LogP contribution in [0.4, 0.5) is 10.1 Å². The number of likely N-dealkylation sites (N-methyl/N-ethyl adjacent to an activating group) is 1. The van der Waals surface area contributed by atoms with Gasteiger partial charge in [-0.1, -0.05) is 6.07 Å². The van der Waals surface area contributed by atoms with Gasteiger partial charge in [0.15, 0.2) is 12.6 Å². The molecule has 126 valence electrons. The molecular weight excluding hydrogens is 297 g/mol. The van der Waals surface area contributed by atoms with Gasteiger partial charge in [-0.15, -0.1) is 0 Å². The van der Waals surface area contributed by atoms with Gasteiger partial charge >= 0.3 is 0 Å². The molecule has 1 saturated heterocycles. The van der Waals surface area contributed by atoms with Crippen LogP contribution in [-0.4, -0.2) is 49.4 Å². The predicted octanol–water partition coefficient (Wildman–Crippen LogP) is 0.680. The molecule has 1 aromatic rings. The number of rotatable bonds is 5. The summed E-state index contributed by atoms with van der Waals surface area (Å²) in [5.74, 6) is -0.524. The molecule has 0 spiro atoms. The van der Waals surface area contributed by atoms with E-state index in [1.54, 1.807) is 12.1 Å². The van der Waals surface area contributed by atoms with Gasteiger partial charge in [0.2, 0.25) is 0 Å². The van der Waals surface area contributed by atoms with Crippen LogP contribution in [-0.2, 0) is 9.59 Å². The molecule has 0 aromatic heterocycles. The van der Waals surface area contributed by atoms with Crippen LogP contribution < -0.4 is 10.2 Å². The SMILES string of the molecule is C[C@@H](C(=O)N1CCCCC1)[NH+](C)CC(=O)Nc1cccc(F)c1. The maximum atomic E-state index is 13.1. The van der Waals surface area contributed by atoms with Crippen molar-refractivity contribution in [3.05, 3.63) is 30.1 Å². The van der Waals surface area contributed by atoms with E-state index in [1.165, 1.54) is 18.6 Å². The van der Waals surface area contributed by atoms with Gasteiger partial charge in [-0.05, 0) is 44.4 Å². The van der Waals surface area contributed by atoms with Crippen LogP contribution in [0.1, 0.15) is 26.2 Å². The fourth-order valence-corrected chi connectivity index (χ4v) is 2.78. The van der Waals surface area contributed by atoms with Gasteiger partial charge in [-0.3, -0.25) is 9.59 Å². The first-order valence-corrected chi connectivity index (χ1v) is 8.14. The van der Waals surface area contributed by atoms with Crippen molar-refractivity contribution in [1.29, 1.82) is 0 Å². The van der Waals surface area contributed by atoms with Crippen molar-refractivity contribution in [1.82, 2.24) is 4.90 Å². The Kier molecular flexibility index (Phi) is 6.10. The number of likely N-dealkylation sites (tertiary alicyclic amines) is 1. The summed E-state index contributed by atoms with van der Waals surface area (Å²) in [6.45, 7) is 3.64. The number of carbonyl (C=O) groups is 2. The van der Waals surface area contributed by atoms with Crippen LogP contribution in [0.3, 0.4) is 0 Å². The predicted molar refractivity (Wildman–Crippen MR) is 86.7 cm³/mol. The standard InChI is InChI=1S/C17H24FN3O2/c1-13(17(23)21-9-4-3-5-10-21)20(2)12-16(22)19-15-8-6-7-14(18)11-15/h6-8,11,13H,3-5,9-10,12H2,1-2H3,(H,19,22)/p+1/t13-/m0/s1. The van der Waals surface area contributed by atoms with Crippen LogP contribution in [0.5, 0.6) is 0 Å². The number of quaternary nitrogens is 1. The summed E-state index contributed by atoms with van der Waals surface area (Å²) in [5, 5.41) is 2.66. The van der Waals surface area contributed by atoms with Crippen molar-refractivity contribution in [3.8, 4) is 0 Å². The number of halogens is 1. The Bertz CT molecular complexity index is 559. The molecule has 0 radical (unpaired) electrons. The summed E-state index contributed by atoms with van der Waals surface area (Å²) < 4.78 is 13.1. The molecule has 0 aliphatic carbocycles. The van der Waals surface area contributed by atoms with Crippen LogP contribution >= 0.6 is 0 Å². The van der Waals surface area contributed by atoms with Crippen molar-refractivity contribution in [2.24, 2.45) is 0 Å². The average molecular weight is 322 g/mol. The van der Waals surface area contributed by atoms with E-state index >= 15 is 0 Å². The molecule has 1 aliphatic heterocycles. The van der Waals surface area contributed by atoms with Gasteiger partial charge in [0.25, 0.3) is 11.8 Å². The molecule has 2 amide bonds. The lowest BCUT2D eigenvalue weighted by atomic mass is 10.1. The Morgan fingerprint density at radius 3 is 2.65 bits per heavy atom. The topological polar surface area (TPSA) is 53.9 Å². The molecule has 23 heavy (non-hydrogen) atoms. The normalized spacial score (nSPS) is 17.4. The third kappa shape index (κ3) is 5.03. The monoisotopic (exact) mass is 322 g/mol. The van der Waals surface area contributed by atoms with Gasteiger partial charge in [-0.25, -0.2) is 4.39 Å². The molecule has 1 unspecified atom stereocenters. The van der Waals surface area contributed by atoms with Gasteiger partial charge in [0.1, 0.15) is 5.82 Å². The Morgan fingerprint density at radius 2 is 2.00 bits per heavy atom. The number of amides is 2. The molecule has 1 aliphatic rings. The van der Waals surface area contributed by atoms with E-state index in [-0.39, 0.29) is 24.4 Å². The van der Waals surface area contributed by atoms with E-state index in [4.69, 9.17) is 0 Å². The van der Waals surface area contributed by atoms with E-state index in [9.17, 15) is 14.0 Å². The van der Waals surface area contributed by atoms with Gasteiger partial charge in [-0.2, -0.15) is 0 Å². The quantitative estimate of drug-likeness (QED) is 0.838. The van der Waals surface area contributed by atoms with Crippen LogP contribution in [0.15, 0.2) is 24.3 Å². The van der Waals surface area contributed by atoms with E-state index in [1.807, 2.05) is 18.9 Å². The zero-order chi connectivity index (χ0) is 16.8. The Balaban J connectivity index is 1.85. The van der Waals surface area contributed by atoms with Crippen molar-refractivity contribution >= 4 is 17.5 Å². The third-order valence-electron chi connectivity index (χ3n) is 4.33. The number of piperidine rings is 1. The molecule has 2 atom stereocenters. The lowest BCUT2D eigenvalue weighted by Crippen LogP contribution is -3.15. The fraction of sp³-hybridized carbons (Fsp3) is 0.529. The average Bonchev–Trinajstić information content (AvgIpc) is 2.54. The minimum absolute atomic E-state index is 0.0979. The molecule has 5 nitrogen and oxygen atoms in total. The number of anilines is 1. The summed E-state index contributed by atoms with van der Waals surface area (Å²) in [6.07, 6.45) is 3.28.